The number of aliphatic carboxylic acids is 2. The van der Waals surface area contributed by atoms with E-state index in [9.17, 15) is 28.2 Å². The van der Waals surface area contributed by atoms with Gasteiger partial charge in [-0.2, -0.15) is 18.2 Å². The summed E-state index contributed by atoms with van der Waals surface area (Å²) in [7, 11) is 0. The lowest BCUT2D eigenvalue weighted by Crippen LogP contribution is -2.21. The minimum Gasteiger partial charge on any atom is -0.508 e. The molecule has 1 heterocycles. The monoisotopic (exact) mass is 509 g/mol. The van der Waals surface area contributed by atoms with Gasteiger partial charge in [-0.1, -0.05) is 35.5 Å². The van der Waals surface area contributed by atoms with Gasteiger partial charge in [0.05, 0.1) is 6.42 Å². The Morgan fingerprint density at radius 2 is 1.72 bits per heavy atom. The highest BCUT2D eigenvalue weighted by molar-refractivity contribution is 5.73. The van der Waals surface area contributed by atoms with Crippen molar-refractivity contribution in [2.75, 3.05) is 11.9 Å². The van der Waals surface area contributed by atoms with Gasteiger partial charge in [0.2, 0.25) is 5.89 Å². The zero-order chi connectivity index (χ0) is 26.6. The first-order valence-electron chi connectivity index (χ1n) is 11.0. The highest BCUT2D eigenvalue weighted by Gasteiger charge is 2.38. The molecule has 0 radical (unpaired) electrons. The number of phenols is 1. The molecule has 2 aromatic carbocycles. The van der Waals surface area contributed by atoms with Crippen LogP contribution in [0.15, 0.2) is 59.1 Å². The van der Waals surface area contributed by atoms with Crippen molar-refractivity contribution >= 4 is 17.6 Å². The van der Waals surface area contributed by atoms with Crippen molar-refractivity contribution in [2.45, 2.75) is 44.2 Å². The maximum atomic E-state index is 11.2. The Hall–Kier alpha value is -4.09. The molecule has 0 spiro atoms. The van der Waals surface area contributed by atoms with Gasteiger partial charge < -0.3 is 25.2 Å². The number of benzene rings is 2. The number of carbonyl (C=O) groups is 2. The standard InChI is InChI=1S/C22H25N3O4.C2HF3O2/c26-19-10-6-7-16(13-19)17(15-22(27)28)14-21-24-20(25-29-21)11-4-5-12-23-18-8-2-1-3-9-18;3-2(4,5)1(6)7/h1-3,6-10,13,17,23,26H,4-5,11-12,14-15H2,(H,27,28);(H,6,7). The largest absolute Gasteiger partial charge is 0.508 e. The molecule has 3 rings (SSSR count). The van der Waals surface area contributed by atoms with Gasteiger partial charge in [0.1, 0.15) is 5.75 Å². The summed E-state index contributed by atoms with van der Waals surface area (Å²) in [6, 6.07) is 16.7. The number of nitrogens with one attached hydrogen (secondary N) is 1. The van der Waals surface area contributed by atoms with Crippen LogP contribution >= 0.6 is 0 Å². The molecule has 1 aromatic heterocycles. The molecule has 12 heteroatoms. The van der Waals surface area contributed by atoms with E-state index in [2.05, 4.69) is 15.5 Å². The minimum atomic E-state index is -5.08. The average Bonchev–Trinajstić information content (AvgIpc) is 3.26. The van der Waals surface area contributed by atoms with Crippen molar-refractivity contribution in [3.8, 4) is 5.75 Å². The van der Waals surface area contributed by atoms with Gasteiger partial charge in [-0.15, -0.1) is 0 Å². The minimum absolute atomic E-state index is 0.0771. The normalized spacial score (nSPS) is 11.8. The molecule has 1 atom stereocenters. The van der Waals surface area contributed by atoms with E-state index >= 15 is 0 Å². The Kier molecular flexibility index (Phi) is 10.7. The molecule has 0 fully saturated rings. The fourth-order valence-electron chi connectivity index (χ4n) is 3.18. The molecule has 0 amide bonds. The van der Waals surface area contributed by atoms with Crippen LogP contribution in [0.1, 0.15) is 42.5 Å². The second-order valence-corrected chi connectivity index (χ2v) is 7.75. The number of para-hydroxylation sites is 1. The lowest BCUT2D eigenvalue weighted by Gasteiger charge is -2.13. The van der Waals surface area contributed by atoms with Crippen molar-refractivity contribution in [3.63, 3.8) is 0 Å². The Balaban J connectivity index is 0.000000572. The summed E-state index contributed by atoms with van der Waals surface area (Å²) in [6.07, 6.45) is -2.24. The molecule has 0 aliphatic carbocycles. The highest BCUT2D eigenvalue weighted by Crippen LogP contribution is 2.26. The Bertz CT molecular complexity index is 1110. The average molecular weight is 509 g/mol. The molecule has 0 aliphatic rings. The van der Waals surface area contributed by atoms with E-state index < -0.39 is 18.1 Å². The van der Waals surface area contributed by atoms with Crippen LogP contribution in [0.2, 0.25) is 0 Å². The van der Waals surface area contributed by atoms with Crippen LogP contribution in [-0.4, -0.2) is 50.1 Å². The number of aromatic hydroxyl groups is 1. The van der Waals surface area contributed by atoms with Gasteiger partial charge in [-0.3, -0.25) is 4.79 Å². The number of carboxylic acids is 2. The third-order valence-corrected chi connectivity index (χ3v) is 4.87. The second kappa shape index (κ2) is 13.7. The van der Waals surface area contributed by atoms with Crippen molar-refractivity contribution in [1.29, 1.82) is 0 Å². The summed E-state index contributed by atoms with van der Waals surface area (Å²) < 4.78 is 37.1. The van der Waals surface area contributed by atoms with Crippen LogP contribution in [0.5, 0.6) is 5.75 Å². The first-order chi connectivity index (χ1) is 17.0. The third kappa shape index (κ3) is 10.5. The Morgan fingerprint density at radius 3 is 2.33 bits per heavy atom. The number of carboxylic acid groups (broad SMARTS) is 2. The molecule has 3 aromatic rings. The molecule has 4 N–H and O–H groups in total. The van der Waals surface area contributed by atoms with E-state index in [0.29, 0.717) is 24.6 Å². The molecule has 36 heavy (non-hydrogen) atoms. The van der Waals surface area contributed by atoms with Gasteiger partial charge in [0.15, 0.2) is 5.82 Å². The summed E-state index contributed by atoms with van der Waals surface area (Å²) in [5.74, 6) is -2.87. The molecule has 0 saturated carbocycles. The van der Waals surface area contributed by atoms with Crippen LogP contribution in [-0.2, 0) is 22.4 Å². The fraction of sp³-hybridized carbons (Fsp3) is 0.333. The van der Waals surface area contributed by atoms with Gasteiger partial charge in [-0.25, -0.2) is 4.79 Å². The van der Waals surface area contributed by atoms with E-state index in [4.69, 9.17) is 14.4 Å². The van der Waals surface area contributed by atoms with Gasteiger partial charge in [-0.05, 0) is 42.7 Å². The van der Waals surface area contributed by atoms with E-state index in [1.54, 1.807) is 24.3 Å². The van der Waals surface area contributed by atoms with Gasteiger partial charge in [0, 0.05) is 31.0 Å². The Labute approximate surface area is 204 Å². The summed E-state index contributed by atoms with van der Waals surface area (Å²) >= 11 is 0. The van der Waals surface area contributed by atoms with Crippen molar-refractivity contribution in [2.24, 2.45) is 0 Å². The second-order valence-electron chi connectivity index (χ2n) is 7.75. The van der Waals surface area contributed by atoms with Crippen molar-refractivity contribution < 1.29 is 42.6 Å². The number of hydrogen-bond acceptors (Lipinski definition) is 7. The molecule has 0 saturated heterocycles. The fourth-order valence-corrected chi connectivity index (χ4v) is 3.18. The zero-order valence-electron chi connectivity index (χ0n) is 19.1. The lowest BCUT2D eigenvalue weighted by molar-refractivity contribution is -0.192. The van der Waals surface area contributed by atoms with E-state index in [-0.39, 0.29) is 18.1 Å². The molecular weight excluding hydrogens is 483 g/mol. The van der Waals surface area contributed by atoms with Gasteiger partial charge in [0.25, 0.3) is 0 Å². The number of alkyl halides is 3. The molecule has 9 nitrogen and oxygen atoms in total. The van der Waals surface area contributed by atoms with Crippen LogP contribution in [0.25, 0.3) is 0 Å². The number of phenolic OH excluding ortho intramolecular Hbond substituents is 1. The molecule has 0 bridgehead atoms. The molecule has 0 aliphatic heterocycles. The molecule has 194 valence electrons. The van der Waals surface area contributed by atoms with Crippen LogP contribution in [0.4, 0.5) is 18.9 Å². The number of nitrogens with zero attached hydrogens (tertiary/aromatic N) is 2. The highest BCUT2D eigenvalue weighted by atomic mass is 19.4. The van der Waals surface area contributed by atoms with Crippen molar-refractivity contribution in [3.05, 3.63) is 71.9 Å². The van der Waals surface area contributed by atoms with E-state index in [0.717, 1.165) is 30.6 Å². The number of rotatable bonds is 11. The number of unbranched alkanes of at least 4 members (excludes halogenated alkanes) is 1. The number of anilines is 1. The first kappa shape index (κ1) is 28.1. The summed E-state index contributed by atoms with van der Waals surface area (Å²) in [5, 5.41) is 33.4. The summed E-state index contributed by atoms with van der Waals surface area (Å²) in [5.41, 5.74) is 1.84. The predicted molar refractivity (Wildman–Crippen MR) is 123 cm³/mol. The van der Waals surface area contributed by atoms with Crippen LogP contribution < -0.4 is 5.32 Å². The predicted octanol–water partition coefficient (Wildman–Crippen LogP) is 4.64. The van der Waals surface area contributed by atoms with Crippen molar-refractivity contribution in [1.82, 2.24) is 10.1 Å². The van der Waals surface area contributed by atoms with Gasteiger partial charge >= 0.3 is 18.1 Å². The smallest absolute Gasteiger partial charge is 0.490 e. The summed E-state index contributed by atoms with van der Waals surface area (Å²) in [6.45, 7) is 0.868. The summed E-state index contributed by atoms with van der Waals surface area (Å²) in [4.78, 5) is 24.5. The number of halogens is 3. The zero-order valence-corrected chi connectivity index (χ0v) is 19.1. The SMILES string of the molecule is O=C(O)C(F)(F)F.O=C(O)CC(Cc1nc(CCCCNc2ccccc2)no1)c1cccc(O)c1. The maximum Gasteiger partial charge on any atom is 0.490 e. The molecule has 1 unspecified atom stereocenters. The van der Waals surface area contributed by atoms with E-state index in [1.807, 2.05) is 30.3 Å². The maximum absolute atomic E-state index is 11.2. The molecular formula is C24H26F3N3O6. The van der Waals surface area contributed by atoms with Crippen LogP contribution in [0.3, 0.4) is 0 Å². The Morgan fingerprint density at radius 1 is 1.03 bits per heavy atom. The quantitative estimate of drug-likeness (QED) is 0.271. The third-order valence-electron chi connectivity index (χ3n) is 4.87. The lowest BCUT2D eigenvalue weighted by atomic mass is 9.92. The number of aromatic nitrogens is 2. The first-order valence-corrected chi connectivity index (χ1v) is 11.0. The number of aryl methyl sites for hydroxylation is 1. The number of hydrogen-bond donors (Lipinski definition) is 4. The van der Waals surface area contributed by atoms with Crippen LogP contribution in [0, 0.1) is 0 Å². The van der Waals surface area contributed by atoms with E-state index in [1.165, 1.54) is 0 Å². The topological polar surface area (TPSA) is 146 Å².